The molecular weight excluding hydrogens is 356 g/mol. The SMILES string of the molecule is CNc1nc(Nc2c(F)cccc2Br)c(Cl)cc1Cl. The Balaban J connectivity index is 2.44. The molecule has 1 aromatic carbocycles. The number of halogens is 4. The molecule has 7 heteroatoms. The zero-order chi connectivity index (χ0) is 14.0. The van der Waals surface area contributed by atoms with Crippen molar-refractivity contribution in [1.82, 2.24) is 4.98 Å². The minimum absolute atomic E-state index is 0.265. The number of nitrogens with one attached hydrogen (secondary N) is 2. The summed E-state index contributed by atoms with van der Waals surface area (Å²) in [5.41, 5.74) is 0.265. The fourth-order valence-electron chi connectivity index (χ4n) is 1.47. The zero-order valence-electron chi connectivity index (χ0n) is 9.77. The van der Waals surface area contributed by atoms with Crippen molar-refractivity contribution in [2.24, 2.45) is 0 Å². The van der Waals surface area contributed by atoms with Crippen LogP contribution in [0.25, 0.3) is 0 Å². The molecule has 0 aliphatic heterocycles. The zero-order valence-corrected chi connectivity index (χ0v) is 12.9. The summed E-state index contributed by atoms with van der Waals surface area (Å²) in [6.07, 6.45) is 0. The lowest BCUT2D eigenvalue weighted by atomic mass is 10.3. The molecule has 0 radical (unpaired) electrons. The maximum Gasteiger partial charge on any atom is 0.151 e. The molecule has 0 aliphatic carbocycles. The van der Waals surface area contributed by atoms with Gasteiger partial charge in [-0.3, -0.25) is 0 Å². The quantitative estimate of drug-likeness (QED) is 0.797. The molecule has 1 heterocycles. The lowest BCUT2D eigenvalue weighted by molar-refractivity contribution is 0.631. The van der Waals surface area contributed by atoms with Crippen LogP contribution in [0.2, 0.25) is 10.0 Å². The first-order valence-corrected chi connectivity index (χ1v) is 6.82. The smallest absolute Gasteiger partial charge is 0.151 e. The number of para-hydroxylation sites is 1. The molecule has 2 N–H and O–H groups in total. The molecule has 0 amide bonds. The van der Waals surface area contributed by atoms with E-state index in [1.54, 1.807) is 25.2 Å². The fraction of sp³-hybridized carbons (Fsp3) is 0.0833. The van der Waals surface area contributed by atoms with Crippen LogP contribution < -0.4 is 10.6 Å². The maximum absolute atomic E-state index is 13.7. The van der Waals surface area contributed by atoms with Crippen LogP contribution in [0.1, 0.15) is 0 Å². The van der Waals surface area contributed by atoms with Gasteiger partial charge in [0.15, 0.2) is 5.82 Å². The van der Waals surface area contributed by atoms with E-state index in [0.717, 1.165) is 0 Å². The molecule has 0 saturated carbocycles. The van der Waals surface area contributed by atoms with Crippen LogP contribution in [0, 0.1) is 5.82 Å². The van der Waals surface area contributed by atoms with Gasteiger partial charge in [0.05, 0.1) is 15.7 Å². The summed E-state index contributed by atoms with van der Waals surface area (Å²) in [5.74, 6) is 0.371. The summed E-state index contributed by atoms with van der Waals surface area (Å²) < 4.78 is 14.3. The van der Waals surface area contributed by atoms with Crippen LogP contribution in [-0.2, 0) is 0 Å². The number of anilines is 3. The van der Waals surface area contributed by atoms with Gasteiger partial charge >= 0.3 is 0 Å². The van der Waals surface area contributed by atoms with Crippen LogP contribution in [0.15, 0.2) is 28.7 Å². The third-order valence-electron chi connectivity index (χ3n) is 2.37. The third kappa shape index (κ3) is 3.11. The van der Waals surface area contributed by atoms with Gasteiger partial charge in [0.1, 0.15) is 11.6 Å². The number of hydrogen-bond acceptors (Lipinski definition) is 3. The van der Waals surface area contributed by atoms with E-state index in [9.17, 15) is 4.39 Å². The number of pyridine rings is 1. The number of rotatable bonds is 3. The summed E-state index contributed by atoms with van der Waals surface area (Å²) in [5, 5.41) is 6.38. The third-order valence-corrected chi connectivity index (χ3v) is 3.61. The van der Waals surface area contributed by atoms with E-state index in [2.05, 4.69) is 31.5 Å². The van der Waals surface area contributed by atoms with E-state index in [-0.39, 0.29) is 5.69 Å². The molecule has 100 valence electrons. The van der Waals surface area contributed by atoms with Crippen molar-refractivity contribution in [3.8, 4) is 0 Å². The minimum atomic E-state index is -0.409. The van der Waals surface area contributed by atoms with Gasteiger partial charge in [0.2, 0.25) is 0 Å². The first-order chi connectivity index (χ1) is 9.02. The van der Waals surface area contributed by atoms with Crippen molar-refractivity contribution in [2.45, 2.75) is 0 Å². The first kappa shape index (κ1) is 14.4. The maximum atomic E-state index is 13.7. The number of hydrogen-bond donors (Lipinski definition) is 2. The van der Waals surface area contributed by atoms with Gasteiger partial charge < -0.3 is 10.6 Å². The van der Waals surface area contributed by atoms with Crippen molar-refractivity contribution in [1.29, 1.82) is 0 Å². The van der Waals surface area contributed by atoms with Crippen molar-refractivity contribution in [3.05, 3.63) is 44.6 Å². The van der Waals surface area contributed by atoms with Crippen molar-refractivity contribution < 1.29 is 4.39 Å². The summed E-state index contributed by atoms with van der Waals surface area (Å²) in [6.45, 7) is 0. The molecular formula is C12H9BrCl2FN3. The van der Waals surface area contributed by atoms with Crippen molar-refractivity contribution in [2.75, 3.05) is 17.7 Å². The van der Waals surface area contributed by atoms with Crippen LogP contribution >= 0.6 is 39.1 Å². The van der Waals surface area contributed by atoms with E-state index in [4.69, 9.17) is 23.2 Å². The van der Waals surface area contributed by atoms with Gasteiger partial charge in [-0.05, 0) is 34.1 Å². The Morgan fingerprint density at radius 1 is 1.21 bits per heavy atom. The van der Waals surface area contributed by atoms with Gasteiger partial charge in [-0.1, -0.05) is 29.3 Å². The summed E-state index contributed by atoms with van der Waals surface area (Å²) in [7, 11) is 1.69. The van der Waals surface area contributed by atoms with Crippen LogP contribution in [-0.4, -0.2) is 12.0 Å². The second-order valence-electron chi connectivity index (χ2n) is 3.62. The standard InChI is InChI=1S/C12H9BrCl2FN3/c1-17-11-7(14)5-8(15)12(19-11)18-10-6(13)3-2-4-9(10)16/h2-5H,1H3,(H2,17,18,19). The minimum Gasteiger partial charge on any atom is -0.372 e. The van der Waals surface area contributed by atoms with E-state index in [1.165, 1.54) is 6.07 Å². The highest BCUT2D eigenvalue weighted by atomic mass is 79.9. The molecule has 1 aromatic heterocycles. The molecule has 3 nitrogen and oxygen atoms in total. The Morgan fingerprint density at radius 3 is 2.53 bits per heavy atom. The summed E-state index contributed by atoms with van der Waals surface area (Å²) >= 11 is 15.2. The molecule has 0 bridgehead atoms. The first-order valence-electron chi connectivity index (χ1n) is 5.27. The topological polar surface area (TPSA) is 37.0 Å². The Kier molecular flexibility index (Phi) is 4.50. The molecule has 19 heavy (non-hydrogen) atoms. The normalized spacial score (nSPS) is 10.4. The number of aromatic nitrogens is 1. The summed E-state index contributed by atoms with van der Waals surface area (Å²) in [6, 6.07) is 6.20. The monoisotopic (exact) mass is 363 g/mol. The lowest BCUT2D eigenvalue weighted by Gasteiger charge is -2.12. The van der Waals surface area contributed by atoms with Crippen LogP contribution in [0.5, 0.6) is 0 Å². The average Bonchev–Trinajstić information content (AvgIpc) is 2.36. The highest BCUT2D eigenvalue weighted by Gasteiger charge is 2.12. The van der Waals surface area contributed by atoms with Gasteiger partial charge in [-0.2, -0.15) is 0 Å². The summed E-state index contributed by atoms with van der Waals surface area (Å²) in [4.78, 5) is 4.19. The van der Waals surface area contributed by atoms with E-state index < -0.39 is 5.82 Å². The van der Waals surface area contributed by atoms with Gasteiger partial charge in [0.25, 0.3) is 0 Å². The van der Waals surface area contributed by atoms with Crippen molar-refractivity contribution >= 4 is 56.5 Å². The molecule has 0 unspecified atom stereocenters. The highest BCUT2D eigenvalue weighted by Crippen LogP contribution is 2.34. The highest BCUT2D eigenvalue weighted by molar-refractivity contribution is 9.10. The number of benzene rings is 1. The predicted molar refractivity (Wildman–Crippen MR) is 81.2 cm³/mol. The number of nitrogens with zero attached hydrogens (tertiary/aromatic N) is 1. The Bertz CT molecular complexity index is 602. The van der Waals surface area contributed by atoms with E-state index in [0.29, 0.717) is 26.2 Å². The largest absolute Gasteiger partial charge is 0.372 e. The molecule has 0 fully saturated rings. The Morgan fingerprint density at radius 2 is 1.89 bits per heavy atom. The van der Waals surface area contributed by atoms with E-state index >= 15 is 0 Å². The average molecular weight is 365 g/mol. The van der Waals surface area contributed by atoms with E-state index in [1.807, 2.05) is 0 Å². The molecule has 0 saturated heterocycles. The Hall–Kier alpha value is -1.04. The molecule has 2 aromatic rings. The molecule has 0 spiro atoms. The molecule has 0 atom stereocenters. The second kappa shape index (κ2) is 5.94. The van der Waals surface area contributed by atoms with Gasteiger partial charge in [-0.25, -0.2) is 9.37 Å². The predicted octanol–water partition coefficient (Wildman–Crippen LogP) is 5.08. The van der Waals surface area contributed by atoms with Crippen molar-refractivity contribution in [3.63, 3.8) is 0 Å². The van der Waals surface area contributed by atoms with Crippen LogP contribution in [0.4, 0.5) is 21.7 Å². The second-order valence-corrected chi connectivity index (χ2v) is 5.29. The van der Waals surface area contributed by atoms with Crippen LogP contribution in [0.3, 0.4) is 0 Å². The molecule has 0 aliphatic rings. The lowest BCUT2D eigenvalue weighted by Crippen LogP contribution is -2.01. The van der Waals surface area contributed by atoms with Gasteiger partial charge in [0, 0.05) is 11.5 Å². The Labute approximate surface area is 128 Å². The fourth-order valence-corrected chi connectivity index (χ4v) is 2.41. The van der Waals surface area contributed by atoms with Gasteiger partial charge in [-0.15, -0.1) is 0 Å². The molecule has 2 rings (SSSR count).